The van der Waals surface area contributed by atoms with Crippen molar-refractivity contribution in [3.63, 3.8) is 0 Å². The normalized spacial score (nSPS) is 12.1. The van der Waals surface area contributed by atoms with Crippen LogP contribution in [-0.4, -0.2) is 29.2 Å². The molecule has 1 rings (SSSR count). The highest BCUT2D eigenvalue weighted by Gasteiger charge is 2.16. The number of benzene rings is 1. The van der Waals surface area contributed by atoms with Crippen LogP contribution in [0.25, 0.3) is 0 Å². The molecule has 0 spiro atoms. The Morgan fingerprint density at radius 2 is 2.06 bits per heavy atom. The minimum absolute atomic E-state index is 0.592. The molecule has 0 aromatic heterocycles. The Labute approximate surface area is 102 Å². The number of halogens is 1. The summed E-state index contributed by atoms with van der Waals surface area (Å²) in [6, 6.07) is 5.48. The van der Waals surface area contributed by atoms with Crippen LogP contribution in [0.2, 0.25) is 5.02 Å². The fourth-order valence-corrected chi connectivity index (χ4v) is 1.90. The molecule has 16 heavy (non-hydrogen) atoms. The summed E-state index contributed by atoms with van der Waals surface area (Å²) in [4.78, 5) is 2.03. The van der Waals surface area contributed by atoms with Gasteiger partial charge in [-0.05, 0) is 38.6 Å². The quantitative estimate of drug-likeness (QED) is 0.796. The molecule has 90 valence electrons. The molecule has 0 aliphatic rings. The van der Waals surface area contributed by atoms with Crippen LogP contribution in [0.3, 0.4) is 0 Å². The van der Waals surface area contributed by atoms with E-state index in [1.807, 2.05) is 24.1 Å². The van der Waals surface area contributed by atoms with Gasteiger partial charge >= 0.3 is 0 Å². The second-order valence-electron chi connectivity index (χ2n) is 4.83. The third-order valence-corrected chi connectivity index (χ3v) is 2.44. The predicted molar refractivity (Wildman–Crippen MR) is 68.5 cm³/mol. The molecular weight excluding hydrogens is 224 g/mol. The van der Waals surface area contributed by atoms with Crippen molar-refractivity contribution in [2.24, 2.45) is 0 Å². The zero-order valence-corrected chi connectivity index (χ0v) is 10.8. The van der Waals surface area contributed by atoms with Gasteiger partial charge in [0.15, 0.2) is 0 Å². The van der Waals surface area contributed by atoms with Gasteiger partial charge < -0.3 is 10.8 Å². The number of nitrogen functional groups attached to an aromatic ring is 1. The molecule has 0 saturated heterocycles. The summed E-state index contributed by atoms with van der Waals surface area (Å²) >= 11 is 5.83. The van der Waals surface area contributed by atoms with Crippen molar-refractivity contribution in [1.29, 1.82) is 0 Å². The molecule has 0 bridgehead atoms. The van der Waals surface area contributed by atoms with Gasteiger partial charge in [0.25, 0.3) is 0 Å². The van der Waals surface area contributed by atoms with Crippen molar-refractivity contribution >= 4 is 17.3 Å². The molecule has 0 aliphatic carbocycles. The Bertz CT molecular complexity index is 361. The Kier molecular flexibility index (Phi) is 4.19. The van der Waals surface area contributed by atoms with E-state index in [-0.39, 0.29) is 0 Å². The van der Waals surface area contributed by atoms with Gasteiger partial charge in [0.1, 0.15) is 0 Å². The maximum Gasteiger partial charge on any atom is 0.0718 e. The molecule has 0 unspecified atom stereocenters. The zero-order chi connectivity index (χ0) is 12.3. The maximum atomic E-state index is 9.69. The standard InChI is InChI=1S/C12H19ClN2O/c1-12(2,16)8-15(3)7-9-4-5-10(13)6-11(9)14/h4-6,16H,7-8,14H2,1-3H3. The van der Waals surface area contributed by atoms with Crippen molar-refractivity contribution < 1.29 is 5.11 Å². The van der Waals surface area contributed by atoms with Crippen LogP contribution < -0.4 is 5.73 Å². The number of nitrogens with zero attached hydrogens (tertiary/aromatic N) is 1. The van der Waals surface area contributed by atoms with Crippen molar-refractivity contribution in [2.45, 2.75) is 26.0 Å². The van der Waals surface area contributed by atoms with Crippen LogP contribution in [0, 0.1) is 0 Å². The average molecular weight is 243 g/mol. The van der Waals surface area contributed by atoms with Gasteiger partial charge in [0, 0.05) is 23.8 Å². The lowest BCUT2D eigenvalue weighted by Crippen LogP contribution is -2.35. The summed E-state index contributed by atoms with van der Waals surface area (Å²) in [6.07, 6.45) is 0. The Balaban J connectivity index is 2.66. The molecule has 0 saturated carbocycles. The first kappa shape index (κ1) is 13.3. The molecule has 0 amide bonds. The van der Waals surface area contributed by atoms with E-state index in [0.717, 1.165) is 5.56 Å². The number of aliphatic hydroxyl groups is 1. The number of hydrogen-bond donors (Lipinski definition) is 2. The monoisotopic (exact) mass is 242 g/mol. The second-order valence-corrected chi connectivity index (χ2v) is 5.26. The first-order valence-corrected chi connectivity index (χ1v) is 5.60. The Hall–Kier alpha value is -0.770. The van der Waals surface area contributed by atoms with Crippen LogP contribution in [-0.2, 0) is 6.54 Å². The van der Waals surface area contributed by atoms with Gasteiger partial charge in [-0.2, -0.15) is 0 Å². The van der Waals surface area contributed by atoms with E-state index in [4.69, 9.17) is 17.3 Å². The molecule has 3 N–H and O–H groups in total. The van der Waals surface area contributed by atoms with Gasteiger partial charge in [-0.1, -0.05) is 17.7 Å². The fourth-order valence-electron chi connectivity index (χ4n) is 1.72. The summed E-state index contributed by atoms with van der Waals surface area (Å²) in [5.41, 5.74) is 6.88. The molecule has 0 atom stereocenters. The lowest BCUT2D eigenvalue weighted by molar-refractivity contribution is 0.0425. The Morgan fingerprint density at radius 1 is 1.44 bits per heavy atom. The van der Waals surface area contributed by atoms with Crippen molar-refractivity contribution in [3.05, 3.63) is 28.8 Å². The zero-order valence-electron chi connectivity index (χ0n) is 10.00. The average Bonchev–Trinajstić information content (AvgIpc) is 2.06. The van der Waals surface area contributed by atoms with E-state index in [9.17, 15) is 5.11 Å². The lowest BCUT2D eigenvalue weighted by atomic mass is 10.1. The smallest absolute Gasteiger partial charge is 0.0718 e. The number of anilines is 1. The highest BCUT2D eigenvalue weighted by atomic mass is 35.5. The predicted octanol–water partition coefficient (Wildman–Crippen LogP) is 2.12. The molecule has 0 radical (unpaired) electrons. The number of likely N-dealkylation sites (N-methyl/N-ethyl adjacent to an activating group) is 1. The van der Waals surface area contributed by atoms with Crippen LogP contribution >= 0.6 is 11.6 Å². The van der Waals surface area contributed by atoms with Crippen LogP contribution in [0.5, 0.6) is 0 Å². The first-order chi connectivity index (χ1) is 7.28. The van der Waals surface area contributed by atoms with E-state index in [1.165, 1.54) is 0 Å². The summed E-state index contributed by atoms with van der Waals surface area (Å²) in [5, 5.41) is 10.3. The highest BCUT2D eigenvalue weighted by Crippen LogP contribution is 2.19. The van der Waals surface area contributed by atoms with Crippen molar-refractivity contribution in [2.75, 3.05) is 19.3 Å². The molecule has 4 heteroatoms. The summed E-state index contributed by atoms with van der Waals surface area (Å²) in [7, 11) is 1.95. The molecule has 1 aromatic rings. The SMILES string of the molecule is CN(Cc1ccc(Cl)cc1N)CC(C)(C)O. The van der Waals surface area contributed by atoms with E-state index in [2.05, 4.69) is 0 Å². The minimum atomic E-state index is -0.698. The molecule has 3 nitrogen and oxygen atoms in total. The van der Waals surface area contributed by atoms with E-state index in [0.29, 0.717) is 23.8 Å². The number of nitrogens with two attached hydrogens (primary N) is 1. The van der Waals surface area contributed by atoms with Crippen LogP contribution in [0.1, 0.15) is 19.4 Å². The van der Waals surface area contributed by atoms with Crippen molar-refractivity contribution in [3.8, 4) is 0 Å². The first-order valence-electron chi connectivity index (χ1n) is 5.23. The van der Waals surface area contributed by atoms with Crippen LogP contribution in [0.15, 0.2) is 18.2 Å². The summed E-state index contributed by atoms with van der Waals surface area (Å²) < 4.78 is 0. The van der Waals surface area contributed by atoms with E-state index < -0.39 is 5.60 Å². The maximum absolute atomic E-state index is 9.69. The lowest BCUT2D eigenvalue weighted by Gasteiger charge is -2.25. The summed E-state index contributed by atoms with van der Waals surface area (Å²) in [5.74, 6) is 0. The minimum Gasteiger partial charge on any atom is -0.398 e. The second kappa shape index (κ2) is 5.04. The molecule has 0 fully saturated rings. The Morgan fingerprint density at radius 3 is 2.56 bits per heavy atom. The van der Waals surface area contributed by atoms with Gasteiger partial charge in [0.05, 0.1) is 5.60 Å². The third-order valence-electron chi connectivity index (χ3n) is 2.21. The highest BCUT2D eigenvalue weighted by molar-refractivity contribution is 6.30. The largest absolute Gasteiger partial charge is 0.398 e. The summed E-state index contributed by atoms with van der Waals surface area (Å²) in [6.45, 7) is 4.87. The van der Waals surface area contributed by atoms with Crippen LogP contribution in [0.4, 0.5) is 5.69 Å². The number of rotatable bonds is 4. The molecule has 1 aromatic carbocycles. The van der Waals surface area contributed by atoms with Gasteiger partial charge in [-0.25, -0.2) is 0 Å². The number of hydrogen-bond acceptors (Lipinski definition) is 3. The third kappa shape index (κ3) is 4.39. The van der Waals surface area contributed by atoms with Gasteiger partial charge in [-0.3, -0.25) is 4.90 Å². The molecule has 0 aliphatic heterocycles. The fraction of sp³-hybridized carbons (Fsp3) is 0.500. The van der Waals surface area contributed by atoms with Gasteiger partial charge in [0.2, 0.25) is 0 Å². The molecular formula is C12H19ClN2O. The van der Waals surface area contributed by atoms with Crippen molar-refractivity contribution in [1.82, 2.24) is 4.90 Å². The molecule has 0 heterocycles. The van der Waals surface area contributed by atoms with E-state index >= 15 is 0 Å². The van der Waals surface area contributed by atoms with E-state index in [1.54, 1.807) is 19.9 Å². The van der Waals surface area contributed by atoms with Gasteiger partial charge in [-0.15, -0.1) is 0 Å². The topological polar surface area (TPSA) is 49.5 Å².